The first-order valence-corrected chi connectivity index (χ1v) is 13.9. The molecule has 4 aromatic rings. The van der Waals surface area contributed by atoms with E-state index in [0.717, 1.165) is 38.1 Å². The minimum Gasteiger partial charge on any atom is -0.328 e. The third-order valence-electron chi connectivity index (χ3n) is 6.41. The third kappa shape index (κ3) is 5.32. The summed E-state index contributed by atoms with van der Waals surface area (Å²) < 4.78 is 2.72. The summed E-state index contributed by atoms with van der Waals surface area (Å²) in [5, 5.41) is 12.6. The predicted octanol–water partition coefficient (Wildman–Crippen LogP) is 7.53. The standard InChI is InChI=1S/C28H25BrClN5OS/c1-16-8-6-13-23(17(16)2)32-26(36)24-18(3)31-27-33-28(37-15-20-9-4-5-12-22(20)30)34-35(27)25(24)19-10-7-11-21(29)14-19/h4-14,25H,15H2,1-3H3,(H,32,36)(H,31,33,34). The van der Waals surface area contributed by atoms with E-state index in [0.29, 0.717) is 27.5 Å². The maximum atomic E-state index is 13.8. The number of carbonyl (C=O) groups is 1. The molecule has 1 atom stereocenters. The fraction of sp³-hybridized carbons (Fsp3) is 0.179. The van der Waals surface area contributed by atoms with Crippen LogP contribution >= 0.6 is 39.3 Å². The molecule has 1 aliphatic rings. The SMILES string of the molecule is CC1=C(C(=O)Nc2cccc(C)c2C)C(c2cccc(Br)c2)n2nc(SCc3ccccc3Cl)nc2N1. The van der Waals surface area contributed by atoms with E-state index in [1.807, 2.05) is 87.5 Å². The van der Waals surface area contributed by atoms with Gasteiger partial charge in [-0.05, 0) is 67.3 Å². The van der Waals surface area contributed by atoms with Gasteiger partial charge < -0.3 is 10.6 Å². The number of thioether (sulfide) groups is 1. The fourth-order valence-electron chi connectivity index (χ4n) is 4.31. The first-order valence-electron chi connectivity index (χ1n) is 11.8. The number of anilines is 2. The zero-order valence-corrected chi connectivity index (χ0v) is 23.7. The number of nitrogens with zero attached hydrogens (tertiary/aromatic N) is 3. The number of allylic oxidation sites excluding steroid dienone is 1. The Morgan fingerprint density at radius 2 is 1.89 bits per heavy atom. The molecule has 0 spiro atoms. The number of carbonyl (C=O) groups excluding carboxylic acids is 1. The molecule has 6 nitrogen and oxygen atoms in total. The van der Waals surface area contributed by atoms with E-state index in [4.69, 9.17) is 21.7 Å². The van der Waals surface area contributed by atoms with Crippen LogP contribution in [0.5, 0.6) is 0 Å². The van der Waals surface area contributed by atoms with Gasteiger partial charge in [0.25, 0.3) is 5.91 Å². The third-order valence-corrected chi connectivity index (χ3v) is 8.16. The monoisotopic (exact) mass is 593 g/mol. The van der Waals surface area contributed by atoms with Crippen LogP contribution in [-0.4, -0.2) is 20.7 Å². The summed E-state index contributed by atoms with van der Waals surface area (Å²) in [4.78, 5) is 18.5. The second kappa shape index (κ2) is 10.7. The molecule has 3 aromatic carbocycles. The van der Waals surface area contributed by atoms with Crippen molar-refractivity contribution in [1.29, 1.82) is 0 Å². The van der Waals surface area contributed by atoms with E-state index < -0.39 is 6.04 Å². The lowest BCUT2D eigenvalue weighted by atomic mass is 9.95. The number of hydrogen-bond donors (Lipinski definition) is 2. The molecule has 1 unspecified atom stereocenters. The van der Waals surface area contributed by atoms with Crippen LogP contribution in [0.25, 0.3) is 0 Å². The lowest BCUT2D eigenvalue weighted by Gasteiger charge is -2.29. The summed E-state index contributed by atoms with van der Waals surface area (Å²) in [6.45, 7) is 5.94. The first-order chi connectivity index (χ1) is 17.8. The maximum absolute atomic E-state index is 13.8. The molecule has 0 bridgehead atoms. The second-order valence-corrected chi connectivity index (χ2v) is 11.1. The number of nitrogens with one attached hydrogen (secondary N) is 2. The summed E-state index contributed by atoms with van der Waals surface area (Å²) in [7, 11) is 0. The zero-order valence-electron chi connectivity index (χ0n) is 20.5. The van der Waals surface area contributed by atoms with Gasteiger partial charge in [-0.15, -0.1) is 5.10 Å². The van der Waals surface area contributed by atoms with Crippen molar-refractivity contribution >= 4 is 56.8 Å². The molecule has 1 amide bonds. The van der Waals surface area contributed by atoms with Crippen LogP contribution in [0.15, 0.2) is 87.6 Å². The number of amides is 1. The van der Waals surface area contributed by atoms with Gasteiger partial charge in [0.15, 0.2) is 0 Å². The molecule has 1 aliphatic heterocycles. The van der Waals surface area contributed by atoms with Gasteiger partial charge in [-0.3, -0.25) is 4.79 Å². The van der Waals surface area contributed by atoms with Gasteiger partial charge in [0.2, 0.25) is 11.1 Å². The minimum atomic E-state index is -0.457. The highest BCUT2D eigenvalue weighted by Crippen LogP contribution is 2.38. The van der Waals surface area contributed by atoms with Crippen molar-refractivity contribution in [3.8, 4) is 0 Å². The number of rotatable bonds is 6. The van der Waals surface area contributed by atoms with Crippen molar-refractivity contribution < 1.29 is 4.79 Å². The molecule has 2 N–H and O–H groups in total. The van der Waals surface area contributed by atoms with Gasteiger partial charge in [0.05, 0.1) is 5.57 Å². The Bertz CT molecular complexity index is 1530. The Morgan fingerprint density at radius 1 is 1.11 bits per heavy atom. The highest BCUT2D eigenvalue weighted by atomic mass is 79.9. The molecule has 2 heterocycles. The second-order valence-electron chi connectivity index (χ2n) is 8.87. The number of aryl methyl sites for hydroxylation is 1. The topological polar surface area (TPSA) is 71.8 Å². The molecule has 0 radical (unpaired) electrons. The molecule has 188 valence electrons. The Morgan fingerprint density at radius 3 is 2.68 bits per heavy atom. The summed E-state index contributed by atoms with van der Waals surface area (Å²) in [5.74, 6) is 1.04. The number of fused-ring (bicyclic) bond motifs is 1. The Hall–Kier alpha value is -3.07. The van der Waals surface area contributed by atoms with Gasteiger partial charge in [-0.25, -0.2) is 4.68 Å². The summed E-state index contributed by atoms with van der Waals surface area (Å²) in [6, 6.07) is 21.1. The van der Waals surface area contributed by atoms with Crippen molar-refractivity contribution in [1.82, 2.24) is 14.8 Å². The summed E-state index contributed by atoms with van der Waals surface area (Å²) >= 11 is 11.4. The van der Waals surface area contributed by atoms with E-state index in [9.17, 15) is 4.79 Å². The normalized spacial score (nSPS) is 14.8. The number of hydrogen-bond acceptors (Lipinski definition) is 5. The van der Waals surface area contributed by atoms with E-state index in [1.165, 1.54) is 11.8 Å². The van der Waals surface area contributed by atoms with Crippen molar-refractivity contribution in [2.75, 3.05) is 10.6 Å². The smallest absolute Gasteiger partial charge is 0.255 e. The van der Waals surface area contributed by atoms with E-state index in [1.54, 1.807) is 4.68 Å². The lowest BCUT2D eigenvalue weighted by Crippen LogP contribution is -2.31. The quantitative estimate of drug-likeness (QED) is 0.226. The van der Waals surface area contributed by atoms with Crippen LogP contribution in [0.1, 0.15) is 35.2 Å². The van der Waals surface area contributed by atoms with E-state index in [2.05, 4.69) is 26.6 Å². The maximum Gasteiger partial charge on any atom is 0.255 e. The average molecular weight is 595 g/mol. The molecule has 9 heteroatoms. The molecular weight excluding hydrogens is 570 g/mol. The average Bonchev–Trinajstić information content (AvgIpc) is 3.27. The van der Waals surface area contributed by atoms with Crippen molar-refractivity contribution in [3.63, 3.8) is 0 Å². The molecule has 5 rings (SSSR count). The molecule has 0 aliphatic carbocycles. The molecule has 0 saturated heterocycles. The zero-order chi connectivity index (χ0) is 26.1. The van der Waals surface area contributed by atoms with E-state index in [-0.39, 0.29) is 5.91 Å². The van der Waals surface area contributed by atoms with E-state index >= 15 is 0 Å². The lowest BCUT2D eigenvalue weighted by molar-refractivity contribution is -0.113. The Balaban J connectivity index is 1.51. The highest BCUT2D eigenvalue weighted by molar-refractivity contribution is 9.10. The molecule has 37 heavy (non-hydrogen) atoms. The van der Waals surface area contributed by atoms with Crippen LogP contribution in [0.3, 0.4) is 0 Å². The number of aromatic nitrogens is 3. The largest absolute Gasteiger partial charge is 0.328 e. The van der Waals surface area contributed by atoms with Gasteiger partial charge in [-0.2, -0.15) is 4.98 Å². The number of halogens is 2. The Labute approximate surface area is 233 Å². The summed E-state index contributed by atoms with van der Waals surface area (Å²) in [6.07, 6.45) is 0. The molecule has 1 aromatic heterocycles. The summed E-state index contributed by atoms with van der Waals surface area (Å²) in [5.41, 5.74) is 6.20. The fourth-order valence-corrected chi connectivity index (χ4v) is 5.84. The predicted molar refractivity (Wildman–Crippen MR) is 154 cm³/mol. The highest BCUT2D eigenvalue weighted by Gasteiger charge is 2.34. The van der Waals surface area contributed by atoms with Gasteiger partial charge in [0, 0.05) is 26.6 Å². The van der Waals surface area contributed by atoms with Crippen LogP contribution in [-0.2, 0) is 10.5 Å². The molecule has 0 fully saturated rings. The minimum absolute atomic E-state index is 0.185. The van der Waals surface area contributed by atoms with Crippen LogP contribution in [0.2, 0.25) is 5.02 Å². The van der Waals surface area contributed by atoms with Gasteiger partial charge in [0.1, 0.15) is 6.04 Å². The van der Waals surface area contributed by atoms with Crippen LogP contribution in [0.4, 0.5) is 11.6 Å². The van der Waals surface area contributed by atoms with Crippen LogP contribution in [0, 0.1) is 13.8 Å². The Kier molecular flexibility index (Phi) is 7.42. The number of benzene rings is 3. The molecular formula is C28H25BrClN5OS. The molecule has 0 saturated carbocycles. The van der Waals surface area contributed by atoms with Gasteiger partial charge >= 0.3 is 0 Å². The van der Waals surface area contributed by atoms with Crippen LogP contribution < -0.4 is 10.6 Å². The van der Waals surface area contributed by atoms with Gasteiger partial charge in [-0.1, -0.05) is 81.8 Å². The van der Waals surface area contributed by atoms with Crippen molar-refractivity contribution in [2.24, 2.45) is 0 Å². The van der Waals surface area contributed by atoms with Crippen molar-refractivity contribution in [2.45, 2.75) is 37.7 Å². The van der Waals surface area contributed by atoms with Crippen molar-refractivity contribution in [3.05, 3.63) is 110 Å². The first kappa shape index (κ1) is 25.6.